The molecule has 7 nitrogen and oxygen atoms in total. The first-order valence-electron chi connectivity index (χ1n) is 8.40. The standard InChI is InChI=1S/C17H20F3N5O2S/c1-4-25(5-2)13-7-8-14(22-23-16-9-6-12(3)11-21-16)15(10-13)24-28(26,27)17(18,19)20/h6-11,24H,4-5H2,1-3H3. The van der Waals surface area contributed by atoms with Crippen LogP contribution in [0.5, 0.6) is 0 Å². The Bertz CT molecular complexity index is 940. The number of benzene rings is 1. The molecule has 1 N–H and O–H groups in total. The molecule has 1 aromatic heterocycles. The van der Waals surface area contributed by atoms with Gasteiger partial charge in [0.25, 0.3) is 0 Å². The molecule has 0 aliphatic rings. The topological polar surface area (TPSA) is 87.0 Å². The zero-order chi connectivity index (χ0) is 20.9. The number of hydrogen-bond donors (Lipinski definition) is 1. The first-order chi connectivity index (χ1) is 13.1. The zero-order valence-electron chi connectivity index (χ0n) is 15.5. The van der Waals surface area contributed by atoms with E-state index in [9.17, 15) is 21.6 Å². The number of anilines is 2. The Morgan fingerprint density at radius 2 is 1.79 bits per heavy atom. The summed E-state index contributed by atoms with van der Waals surface area (Å²) in [6.45, 7) is 6.77. The predicted octanol–water partition coefficient (Wildman–Crippen LogP) is 4.91. The Balaban J connectivity index is 2.47. The van der Waals surface area contributed by atoms with E-state index in [1.807, 2.05) is 25.7 Å². The van der Waals surface area contributed by atoms with E-state index in [1.54, 1.807) is 29.1 Å². The molecule has 152 valence electrons. The number of hydrogen-bond acceptors (Lipinski definition) is 6. The summed E-state index contributed by atoms with van der Waals surface area (Å²) < 4.78 is 63.1. The van der Waals surface area contributed by atoms with Crippen molar-refractivity contribution in [2.45, 2.75) is 26.3 Å². The van der Waals surface area contributed by atoms with Crippen LogP contribution in [0.25, 0.3) is 0 Å². The molecule has 2 aromatic rings. The highest BCUT2D eigenvalue weighted by Crippen LogP contribution is 2.34. The van der Waals surface area contributed by atoms with Gasteiger partial charge in [-0.1, -0.05) is 6.07 Å². The zero-order valence-corrected chi connectivity index (χ0v) is 16.3. The molecular formula is C17H20F3N5O2S. The molecule has 1 aromatic carbocycles. The van der Waals surface area contributed by atoms with E-state index in [0.717, 1.165) is 5.56 Å². The molecule has 0 radical (unpaired) electrons. The van der Waals surface area contributed by atoms with Gasteiger partial charge in [-0.25, -0.2) is 4.98 Å². The molecule has 2 rings (SSSR count). The SMILES string of the molecule is CCN(CC)c1ccc(N=Nc2ccc(C)cn2)c(NS(=O)(=O)C(F)(F)F)c1. The van der Waals surface area contributed by atoms with Crippen molar-refractivity contribution in [3.05, 3.63) is 42.1 Å². The fraction of sp³-hybridized carbons (Fsp3) is 0.353. The first kappa shape index (κ1) is 21.6. The van der Waals surface area contributed by atoms with Crippen molar-refractivity contribution in [3.63, 3.8) is 0 Å². The van der Waals surface area contributed by atoms with Crippen LogP contribution in [-0.4, -0.2) is 32.0 Å². The maximum atomic E-state index is 12.8. The average molecular weight is 415 g/mol. The molecule has 0 amide bonds. The van der Waals surface area contributed by atoms with Crippen molar-refractivity contribution in [3.8, 4) is 0 Å². The Morgan fingerprint density at radius 3 is 2.32 bits per heavy atom. The summed E-state index contributed by atoms with van der Waals surface area (Å²) in [7, 11) is -5.60. The van der Waals surface area contributed by atoms with Crippen molar-refractivity contribution < 1.29 is 21.6 Å². The van der Waals surface area contributed by atoms with E-state index < -0.39 is 15.5 Å². The molecule has 0 spiro atoms. The van der Waals surface area contributed by atoms with Gasteiger partial charge in [-0.2, -0.15) is 21.6 Å². The highest BCUT2D eigenvalue weighted by atomic mass is 32.2. The maximum Gasteiger partial charge on any atom is 0.516 e. The number of alkyl halides is 3. The van der Waals surface area contributed by atoms with Gasteiger partial charge in [0.2, 0.25) is 0 Å². The number of halogens is 3. The molecule has 0 unspecified atom stereocenters. The predicted molar refractivity (Wildman–Crippen MR) is 102 cm³/mol. The molecule has 0 aliphatic heterocycles. The van der Waals surface area contributed by atoms with Crippen LogP contribution in [0.15, 0.2) is 46.8 Å². The average Bonchev–Trinajstić information content (AvgIpc) is 2.62. The van der Waals surface area contributed by atoms with Crippen molar-refractivity contribution in [1.82, 2.24) is 4.98 Å². The van der Waals surface area contributed by atoms with Gasteiger partial charge in [0.1, 0.15) is 5.69 Å². The third kappa shape index (κ3) is 5.18. The van der Waals surface area contributed by atoms with Gasteiger partial charge < -0.3 is 4.90 Å². The number of sulfonamides is 1. The second kappa shape index (κ2) is 8.55. The Hall–Kier alpha value is -2.69. The van der Waals surface area contributed by atoms with Crippen molar-refractivity contribution >= 4 is 32.9 Å². The van der Waals surface area contributed by atoms with Crippen LogP contribution in [0.1, 0.15) is 19.4 Å². The molecule has 0 aliphatic carbocycles. The van der Waals surface area contributed by atoms with E-state index in [1.165, 1.54) is 12.1 Å². The quantitative estimate of drug-likeness (QED) is 0.651. The molecular weight excluding hydrogens is 395 g/mol. The van der Waals surface area contributed by atoms with Crippen molar-refractivity contribution in [2.75, 3.05) is 22.7 Å². The minimum atomic E-state index is -5.60. The Morgan fingerprint density at radius 1 is 1.11 bits per heavy atom. The summed E-state index contributed by atoms with van der Waals surface area (Å²) in [4.78, 5) is 5.88. The van der Waals surface area contributed by atoms with Gasteiger partial charge in [-0.05, 0) is 50.6 Å². The lowest BCUT2D eigenvalue weighted by molar-refractivity contribution is -0.0429. The summed E-state index contributed by atoms with van der Waals surface area (Å²) in [6, 6.07) is 7.67. The number of azo groups is 1. The van der Waals surface area contributed by atoms with Crippen LogP contribution in [0.4, 0.5) is 36.1 Å². The molecule has 1 heterocycles. The van der Waals surface area contributed by atoms with Crippen LogP contribution in [-0.2, 0) is 10.0 Å². The lowest BCUT2D eigenvalue weighted by atomic mass is 10.2. The second-order valence-electron chi connectivity index (χ2n) is 5.82. The largest absolute Gasteiger partial charge is 0.516 e. The Kier molecular flexibility index (Phi) is 6.60. The van der Waals surface area contributed by atoms with E-state index in [4.69, 9.17) is 0 Å². The molecule has 0 saturated heterocycles. The number of nitrogens with one attached hydrogen (secondary N) is 1. The Labute approximate surface area is 161 Å². The number of nitrogens with zero attached hydrogens (tertiary/aromatic N) is 4. The number of pyridine rings is 1. The van der Waals surface area contributed by atoms with Crippen LogP contribution in [0, 0.1) is 6.92 Å². The monoisotopic (exact) mass is 415 g/mol. The third-order valence-corrected chi connectivity index (χ3v) is 4.91. The molecule has 11 heteroatoms. The van der Waals surface area contributed by atoms with Crippen LogP contribution < -0.4 is 9.62 Å². The van der Waals surface area contributed by atoms with Gasteiger partial charge in [-0.3, -0.25) is 4.72 Å². The molecule has 0 fully saturated rings. The summed E-state index contributed by atoms with van der Waals surface area (Å²) in [5.74, 6) is 0.239. The first-order valence-corrected chi connectivity index (χ1v) is 9.88. The second-order valence-corrected chi connectivity index (χ2v) is 7.49. The number of aryl methyl sites for hydroxylation is 1. The number of aromatic nitrogens is 1. The lowest BCUT2D eigenvalue weighted by Gasteiger charge is -2.22. The van der Waals surface area contributed by atoms with Gasteiger partial charge >= 0.3 is 15.5 Å². The smallest absolute Gasteiger partial charge is 0.372 e. The molecule has 0 atom stereocenters. The molecule has 0 bridgehead atoms. The van der Waals surface area contributed by atoms with Gasteiger partial charge in [0, 0.05) is 25.0 Å². The summed E-state index contributed by atoms with van der Waals surface area (Å²) >= 11 is 0. The normalized spacial score (nSPS) is 12.4. The van der Waals surface area contributed by atoms with Gasteiger partial charge in [0.15, 0.2) is 5.82 Å². The summed E-state index contributed by atoms with van der Waals surface area (Å²) in [5, 5.41) is 7.74. The van der Waals surface area contributed by atoms with Crippen LogP contribution in [0.2, 0.25) is 0 Å². The lowest BCUT2D eigenvalue weighted by Crippen LogP contribution is -2.30. The van der Waals surface area contributed by atoms with Gasteiger partial charge in [0.05, 0.1) is 5.69 Å². The van der Waals surface area contributed by atoms with Crippen molar-refractivity contribution in [1.29, 1.82) is 0 Å². The minimum Gasteiger partial charge on any atom is -0.372 e. The van der Waals surface area contributed by atoms with E-state index in [0.29, 0.717) is 18.8 Å². The minimum absolute atomic E-state index is 0.0638. The summed E-state index contributed by atoms with van der Waals surface area (Å²) in [5.41, 5.74) is -4.38. The fourth-order valence-electron chi connectivity index (χ4n) is 2.31. The maximum absolute atomic E-state index is 12.8. The van der Waals surface area contributed by atoms with Crippen molar-refractivity contribution in [2.24, 2.45) is 10.2 Å². The van der Waals surface area contributed by atoms with Gasteiger partial charge in [-0.15, -0.1) is 10.2 Å². The van der Waals surface area contributed by atoms with Crippen LogP contribution in [0.3, 0.4) is 0 Å². The van der Waals surface area contributed by atoms with E-state index in [2.05, 4.69) is 15.2 Å². The number of rotatable bonds is 7. The van der Waals surface area contributed by atoms with Crippen LogP contribution >= 0.6 is 0 Å². The molecule has 28 heavy (non-hydrogen) atoms. The van der Waals surface area contributed by atoms with E-state index >= 15 is 0 Å². The summed E-state index contributed by atoms with van der Waals surface area (Å²) in [6.07, 6.45) is 1.56. The fourth-order valence-corrected chi connectivity index (χ4v) is 2.87. The highest BCUT2D eigenvalue weighted by molar-refractivity contribution is 7.93. The van der Waals surface area contributed by atoms with E-state index in [-0.39, 0.29) is 17.2 Å². The molecule has 0 saturated carbocycles. The third-order valence-electron chi connectivity index (χ3n) is 3.81. The highest BCUT2D eigenvalue weighted by Gasteiger charge is 2.46.